The number of hydroxylamine groups is 1. The number of likely N-dealkylation sites (tertiary alicyclic amines) is 1. The van der Waals surface area contributed by atoms with Crippen LogP contribution in [0.25, 0.3) is 0 Å². The van der Waals surface area contributed by atoms with Crippen LogP contribution in [0.4, 0.5) is 0 Å². The number of rotatable bonds is 5. The third kappa shape index (κ3) is 4.29. The van der Waals surface area contributed by atoms with Gasteiger partial charge in [-0.2, -0.15) is 0 Å². The lowest BCUT2D eigenvalue weighted by molar-refractivity contribution is -0.135. The molecule has 0 aliphatic carbocycles. The highest BCUT2D eigenvalue weighted by Gasteiger charge is 2.38. The largest absolute Gasteiger partial charge is 0.457 e. The number of ether oxygens (including phenoxy) is 1. The predicted molar refractivity (Wildman–Crippen MR) is 99.2 cm³/mol. The third-order valence-electron chi connectivity index (χ3n) is 4.78. The number of sulfone groups is 1. The lowest BCUT2D eigenvalue weighted by Gasteiger charge is -2.35. The summed E-state index contributed by atoms with van der Waals surface area (Å²) in [6.07, 6.45) is 0.631. The first-order valence-corrected chi connectivity index (χ1v) is 10.2. The summed E-state index contributed by atoms with van der Waals surface area (Å²) in [6.45, 7) is 0.456. The number of carbonyl (C=O) groups excluding carboxylic acids is 1. The van der Waals surface area contributed by atoms with E-state index in [0.29, 0.717) is 24.5 Å². The van der Waals surface area contributed by atoms with Gasteiger partial charge in [0.2, 0.25) is 5.91 Å². The second-order valence-electron chi connectivity index (χ2n) is 6.56. The zero-order chi connectivity index (χ0) is 19.4. The van der Waals surface area contributed by atoms with E-state index in [-0.39, 0.29) is 11.3 Å². The molecule has 1 aliphatic heterocycles. The molecule has 0 aromatic heterocycles. The Morgan fingerprint density at radius 1 is 1.11 bits per heavy atom. The smallest absolute Gasteiger partial charge is 0.246 e. The van der Waals surface area contributed by atoms with Crippen molar-refractivity contribution in [3.63, 3.8) is 0 Å². The van der Waals surface area contributed by atoms with E-state index in [1.807, 2.05) is 30.3 Å². The van der Waals surface area contributed by atoms with Crippen LogP contribution in [-0.2, 0) is 14.6 Å². The molecule has 2 unspecified atom stereocenters. The molecule has 0 bridgehead atoms. The Balaban J connectivity index is 1.78. The number of para-hydroxylation sites is 1. The summed E-state index contributed by atoms with van der Waals surface area (Å²) in [7, 11) is -1.94. The number of benzene rings is 2. The molecule has 1 heterocycles. The molecule has 0 radical (unpaired) electrons. The van der Waals surface area contributed by atoms with Crippen molar-refractivity contribution < 1.29 is 23.2 Å². The highest BCUT2D eigenvalue weighted by molar-refractivity contribution is 7.92. The maximum Gasteiger partial charge on any atom is 0.246 e. The van der Waals surface area contributed by atoms with E-state index in [1.54, 1.807) is 29.6 Å². The molecule has 27 heavy (non-hydrogen) atoms. The highest BCUT2D eigenvalue weighted by Crippen LogP contribution is 2.31. The summed E-state index contributed by atoms with van der Waals surface area (Å²) in [4.78, 5) is 13.6. The Hall–Kier alpha value is -2.42. The summed E-state index contributed by atoms with van der Waals surface area (Å²) in [5.41, 5.74) is 1.62. The molecule has 2 N–H and O–H groups in total. The van der Waals surface area contributed by atoms with E-state index in [0.717, 1.165) is 0 Å². The fourth-order valence-electron chi connectivity index (χ4n) is 3.22. The van der Waals surface area contributed by atoms with Crippen molar-refractivity contribution in [2.45, 2.75) is 23.1 Å². The number of amides is 1. The molecule has 2 atom stereocenters. The van der Waals surface area contributed by atoms with Gasteiger partial charge in [0.1, 0.15) is 16.9 Å². The average molecular weight is 390 g/mol. The number of nitrogens with one attached hydrogen (secondary N) is 1. The van der Waals surface area contributed by atoms with Crippen molar-refractivity contribution in [1.29, 1.82) is 0 Å². The molecule has 1 amide bonds. The zero-order valence-corrected chi connectivity index (χ0v) is 15.7. The molecule has 7 nitrogen and oxygen atoms in total. The number of hydrogen-bond acceptors (Lipinski definition) is 6. The topological polar surface area (TPSA) is 95.9 Å². The second kappa shape index (κ2) is 8.08. The molecule has 1 saturated heterocycles. The van der Waals surface area contributed by atoms with Gasteiger partial charge in [0.25, 0.3) is 0 Å². The Kier molecular flexibility index (Phi) is 5.79. The van der Waals surface area contributed by atoms with Crippen LogP contribution in [0.3, 0.4) is 0 Å². The molecule has 0 spiro atoms. The molecular formula is C19H22N2O5S. The number of hydrogen-bond donors (Lipinski definition) is 2. The van der Waals surface area contributed by atoms with Gasteiger partial charge in [0.15, 0.2) is 9.84 Å². The average Bonchev–Trinajstić information content (AvgIpc) is 2.69. The van der Waals surface area contributed by atoms with Crippen molar-refractivity contribution in [2.24, 2.45) is 5.92 Å². The standard InChI is InChI=1S/C19H22N2O5S/c1-21-12-11-14(19(22)20-23)13-18(21)27(24,25)17-9-7-16(8-10-17)26-15-5-3-2-4-6-15/h2-10,14,18,23H,11-13H2,1H3,(H,20,22). The first kappa shape index (κ1) is 19.3. The fraction of sp³-hybridized carbons (Fsp3) is 0.316. The van der Waals surface area contributed by atoms with Gasteiger partial charge < -0.3 is 4.74 Å². The first-order chi connectivity index (χ1) is 12.9. The molecule has 2 aromatic carbocycles. The monoisotopic (exact) mass is 390 g/mol. The number of piperidine rings is 1. The van der Waals surface area contributed by atoms with Gasteiger partial charge in [-0.3, -0.25) is 14.9 Å². The van der Waals surface area contributed by atoms with Crippen LogP contribution in [0.1, 0.15) is 12.8 Å². The minimum absolute atomic E-state index is 0.132. The molecule has 144 valence electrons. The minimum Gasteiger partial charge on any atom is -0.457 e. The van der Waals surface area contributed by atoms with E-state index in [9.17, 15) is 13.2 Å². The quantitative estimate of drug-likeness (QED) is 0.601. The summed E-state index contributed by atoms with van der Waals surface area (Å²) in [6, 6.07) is 15.5. The molecule has 3 rings (SSSR count). The maximum absolute atomic E-state index is 13.0. The van der Waals surface area contributed by atoms with Crippen LogP contribution in [0.2, 0.25) is 0 Å². The van der Waals surface area contributed by atoms with Crippen molar-refractivity contribution in [3.05, 3.63) is 54.6 Å². The fourth-order valence-corrected chi connectivity index (χ4v) is 5.11. The van der Waals surface area contributed by atoms with Crippen molar-refractivity contribution >= 4 is 15.7 Å². The predicted octanol–water partition coefficient (Wildman–Crippen LogP) is 2.43. The van der Waals surface area contributed by atoms with E-state index >= 15 is 0 Å². The van der Waals surface area contributed by atoms with Gasteiger partial charge in [-0.15, -0.1) is 0 Å². The molecule has 1 fully saturated rings. The SMILES string of the molecule is CN1CCC(C(=O)NO)CC1S(=O)(=O)c1ccc(Oc2ccccc2)cc1. The zero-order valence-electron chi connectivity index (χ0n) is 14.9. The lowest BCUT2D eigenvalue weighted by atomic mass is 9.96. The van der Waals surface area contributed by atoms with Crippen LogP contribution < -0.4 is 10.2 Å². The van der Waals surface area contributed by atoms with E-state index in [4.69, 9.17) is 9.94 Å². The summed E-state index contributed by atoms with van der Waals surface area (Å²) in [5, 5.41) is 8.01. The van der Waals surface area contributed by atoms with Gasteiger partial charge in [-0.25, -0.2) is 13.9 Å². The molecule has 1 aliphatic rings. The lowest BCUT2D eigenvalue weighted by Crippen LogP contribution is -2.47. The number of carbonyl (C=O) groups is 1. The minimum atomic E-state index is -3.67. The van der Waals surface area contributed by atoms with Crippen LogP contribution in [-0.4, -0.2) is 43.4 Å². The normalized spacial score (nSPS) is 20.8. The summed E-state index contributed by atoms with van der Waals surface area (Å²) in [5.74, 6) is 0.120. The van der Waals surface area contributed by atoms with Crippen LogP contribution in [0.5, 0.6) is 11.5 Å². The molecule has 2 aromatic rings. The number of nitrogens with zero attached hydrogens (tertiary/aromatic N) is 1. The Morgan fingerprint density at radius 3 is 2.37 bits per heavy atom. The van der Waals surface area contributed by atoms with E-state index < -0.39 is 27.0 Å². The van der Waals surface area contributed by atoms with Crippen LogP contribution in [0.15, 0.2) is 59.5 Å². The van der Waals surface area contributed by atoms with Gasteiger partial charge in [0.05, 0.1) is 4.90 Å². The third-order valence-corrected chi connectivity index (χ3v) is 6.98. The molecule has 8 heteroatoms. The van der Waals surface area contributed by atoms with Crippen LogP contribution >= 0.6 is 0 Å². The van der Waals surface area contributed by atoms with Crippen molar-refractivity contribution in [3.8, 4) is 11.5 Å². The summed E-state index contributed by atoms with van der Waals surface area (Å²) >= 11 is 0. The summed E-state index contributed by atoms with van der Waals surface area (Å²) < 4.78 is 31.8. The van der Waals surface area contributed by atoms with Crippen molar-refractivity contribution in [1.82, 2.24) is 10.4 Å². The Morgan fingerprint density at radius 2 is 1.74 bits per heavy atom. The Labute approximate surface area is 158 Å². The van der Waals surface area contributed by atoms with Crippen LogP contribution in [0, 0.1) is 5.92 Å². The van der Waals surface area contributed by atoms with E-state index in [2.05, 4.69) is 0 Å². The highest BCUT2D eigenvalue weighted by atomic mass is 32.2. The maximum atomic E-state index is 13.0. The second-order valence-corrected chi connectivity index (χ2v) is 8.67. The van der Waals surface area contributed by atoms with Gasteiger partial charge >= 0.3 is 0 Å². The van der Waals surface area contributed by atoms with Gasteiger partial charge in [-0.05, 0) is 62.8 Å². The molecule has 0 saturated carbocycles. The first-order valence-electron chi connectivity index (χ1n) is 8.63. The van der Waals surface area contributed by atoms with E-state index in [1.165, 1.54) is 12.1 Å². The van der Waals surface area contributed by atoms with Gasteiger partial charge in [-0.1, -0.05) is 18.2 Å². The Bertz CT molecular complexity index is 884. The van der Waals surface area contributed by atoms with Crippen molar-refractivity contribution in [2.75, 3.05) is 13.6 Å². The molecular weight excluding hydrogens is 368 g/mol. The van der Waals surface area contributed by atoms with Gasteiger partial charge in [0, 0.05) is 5.92 Å².